The third kappa shape index (κ3) is 3.55. The van der Waals surface area contributed by atoms with Crippen LogP contribution in [0.3, 0.4) is 0 Å². The minimum atomic E-state index is -0.457. The van der Waals surface area contributed by atoms with E-state index in [4.69, 9.17) is 9.47 Å². The average molecular weight is 377 g/mol. The van der Waals surface area contributed by atoms with Gasteiger partial charge in [0.25, 0.3) is 0 Å². The van der Waals surface area contributed by atoms with Crippen LogP contribution < -0.4 is 14.4 Å². The van der Waals surface area contributed by atoms with E-state index in [9.17, 15) is 4.79 Å². The molecule has 4 nitrogen and oxygen atoms in total. The minimum absolute atomic E-state index is 0.0694. The number of methoxy groups -OCH3 is 2. The van der Waals surface area contributed by atoms with E-state index in [1.165, 1.54) is 0 Å². The highest BCUT2D eigenvalue weighted by Gasteiger charge is 2.27. The van der Waals surface area contributed by atoms with E-state index >= 15 is 0 Å². The van der Waals surface area contributed by atoms with E-state index in [-0.39, 0.29) is 5.91 Å². The molecule has 3 rings (SSSR count). The number of para-hydroxylation sites is 1. The van der Waals surface area contributed by atoms with Crippen molar-refractivity contribution in [3.05, 3.63) is 54.6 Å². The first-order valence-electron chi connectivity index (χ1n) is 9.30. The zero-order valence-electron chi connectivity index (χ0n) is 17.4. The molecule has 0 fully saturated rings. The molecule has 0 saturated carbocycles. The van der Waals surface area contributed by atoms with Gasteiger partial charge in [-0.2, -0.15) is 0 Å². The molecule has 0 atom stereocenters. The number of ether oxygens (including phenoxy) is 2. The molecule has 0 saturated heterocycles. The Kier molecular flexibility index (Phi) is 5.32. The fraction of sp³-hybridized carbons (Fsp3) is 0.292. The summed E-state index contributed by atoms with van der Waals surface area (Å²) in [5, 5.41) is 1.96. The van der Waals surface area contributed by atoms with E-state index in [0.29, 0.717) is 0 Å². The van der Waals surface area contributed by atoms with Crippen LogP contribution in [-0.4, -0.2) is 27.2 Å². The molecule has 0 aliphatic rings. The van der Waals surface area contributed by atoms with Gasteiger partial charge in [-0.1, -0.05) is 45.0 Å². The van der Waals surface area contributed by atoms with E-state index in [0.717, 1.165) is 39.1 Å². The Labute approximate surface area is 166 Å². The van der Waals surface area contributed by atoms with Gasteiger partial charge in [0.2, 0.25) is 5.91 Å². The van der Waals surface area contributed by atoms with E-state index < -0.39 is 5.41 Å². The van der Waals surface area contributed by atoms with Crippen molar-refractivity contribution in [3.63, 3.8) is 0 Å². The van der Waals surface area contributed by atoms with Gasteiger partial charge in [-0.25, -0.2) is 0 Å². The van der Waals surface area contributed by atoms with Crippen LogP contribution in [0.25, 0.3) is 21.9 Å². The molecule has 28 heavy (non-hydrogen) atoms. The number of benzene rings is 3. The molecule has 146 valence electrons. The van der Waals surface area contributed by atoms with Crippen LogP contribution in [0.15, 0.2) is 54.6 Å². The zero-order valence-corrected chi connectivity index (χ0v) is 17.4. The first-order valence-corrected chi connectivity index (χ1v) is 9.30. The Balaban J connectivity index is 2.17. The van der Waals surface area contributed by atoms with Crippen molar-refractivity contribution < 1.29 is 14.3 Å². The molecular formula is C24H27NO3. The lowest BCUT2D eigenvalue weighted by molar-refractivity contribution is -0.125. The molecule has 1 amide bonds. The van der Waals surface area contributed by atoms with Crippen LogP contribution in [0.4, 0.5) is 5.69 Å². The number of hydrogen-bond donors (Lipinski definition) is 0. The quantitative estimate of drug-likeness (QED) is 0.600. The van der Waals surface area contributed by atoms with Gasteiger partial charge in [-0.3, -0.25) is 4.79 Å². The smallest absolute Gasteiger partial charge is 0.232 e. The molecule has 0 heterocycles. The highest BCUT2D eigenvalue weighted by Crippen LogP contribution is 2.38. The fourth-order valence-electron chi connectivity index (χ4n) is 3.44. The minimum Gasteiger partial charge on any atom is -0.496 e. The van der Waals surface area contributed by atoms with Crippen LogP contribution >= 0.6 is 0 Å². The van der Waals surface area contributed by atoms with Gasteiger partial charge in [-0.05, 0) is 35.9 Å². The Hall–Kier alpha value is -3.01. The standard InChI is InChI=1S/C24H27NO3/c1-24(2,3)23(26)25(4)20-10-8-7-9-17(20)16-11-12-18-19(15-16)22(28-6)14-13-21(18)27-5/h7-15H,1-6H3. The second-order valence-electron chi connectivity index (χ2n) is 7.86. The molecule has 0 spiro atoms. The summed E-state index contributed by atoms with van der Waals surface area (Å²) in [7, 11) is 5.16. The molecule has 0 N–H and O–H groups in total. The number of nitrogens with zero attached hydrogens (tertiary/aromatic N) is 1. The summed E-state index contributed by atoms with van der Waals surface area (Å²) in [6.07, 6.45) is 0. The van der Waals surface area contributed by atoms with Crippen molar-refractivity contribution in [2.75, 3.05) is 26.2 Å². The first kappa shape index (κ1) is 19.7. The topological polar surface area (TPSA) is 38.8 Å². The molecule has 0 aromatic heterocycles. The van der Waals surface area contributed by atoms with Gasteiger partial charge in [0.1, 0.15) is 11.5 Å². The Morgan fingerprint density at radius 2 is 1.46 bits per heavy atom. The maximum atomic E-state index is 12.8. The fourth-order valence-corrected chi connectivity index (χ4v) is 3.44. The molecule has 0 unspecified atom stereocenters. The third-order valence-electron chi connectivity index (χ3n) is 4.90. The van der Waals surface area contributed by atoms with Gasteiger partial charge in [-0.15, -0.1) is 0 Å². The highest BCUT2D eigenvalue weighted by atomic mass is 16.5. The lowest BCUT2D eigenvalue weighted by atomic mass is 9.93. The molecule has 0 bridgehead atoms. The summed E-state index contributed by atoms with van der Waals surface area (Å²) in [4.78, 5) is 14.6. The molecule has 0 radical (unpaired) electrons. The number of hydrogen-bond acceptors (Lipinski definition) is 3. The van der Waals surface area contributed by atoms with Crippen LogP contribution in [0.5, 0.6) is 11.5 Å². The predicted molar refractivity (Wildman–Crippen MR) is 115 cm³/mol. The van der Waals surface area contributed by atoms with Crippen molar-refractivity contribution in [3.8, 4) is 22.6 Å². The van der Waals surface area contributed by atoms with Gasteiger partial charge in [0.15, 0.2) is 0 Å². The second-order valence-corrected chi connectivity index (χ2v) is 7.86. The number of anilines is 1. The molecule has 0 aliphatic carbocycles. The zero-order chi connectivity index (χ0) is 20.5. The SMILES string of the molecule is COc1ccc(OC)c2cc(-c3ccccc3N(C)C(=O)C(C)(C)C)ccc12. The largest absolute Gasteiger partial charge is 0.496 e. The predicted octanol–water partition coefficient (Wildman–Crippen LogP) is 5.53. The Morgan fingerprint density at radius 3 is 2.07 bits per heavy atom. The summed E-state index contributed by atoms with van der Waals surface area (Å²) in [6.45, 7) is 5.80. The number of fused-ring (bicyclic) bond motifs is 1. The third-order valence-corrected chi connectivity index (χ3v) is 4.90. The van der Waals surface area contributed by atoms with Crippen molar-refractivity contribution in [2.45, 2.75) is 20.8 Å². The number of rotatable bonds is 4. The van der Waals surface area contributed by atoms with E-state index in [2.05, 4.69) is 12.1 Å². The van der Waals surface area contributed by atoms with Crippen molar-refractivity contribution >= 4 is 22.4 Å². The molecular weight excluding hydrogens is 350 g/mol. The number of carbonyl (C=O) groups excluding carboxylic acids is 1. The number of carbonyl (C=O) groups is 1. The Morgan fingerprint density at radius 1 is 0.857 bits per heavy atom. The van der Waals surface area contributed by atoms with Crippen molar-refractivity contribution in [2.24, 2.45) is 5.41 Å². The van der Waals surface area contributed by atoms with Crippen LogP contribution in [0.1, 0.15) is 20.8 Å². The summed E-state index contributed by atoms with van der Waals surface area (Å²) in [5.74, 6) is 1.66. The van der Waals surface area contributed by atoms with Crippen LogP contribution in [-0.2, 0) is 4.79 Å². The van der Waals surface area contributed by atoms with Gasteiger partial charge in [0, 0.05) is 28.8 Å². The number of amides is 1. The van der Waals surface area contributed by atoms with Crippen LogP contribution in [0, 0.1) is 5.41 Å². The second kappa shape index (κ2) is 7.55. The maximum Gasteiger partial charge on any atom is 0.232 e. The summed E-state index contributed by atoms with van der Waals surface area (Å²) in [5.41, 5.74) is 2.43. The normalized spacial score (nSPS) is 11.4. The van der Waals surface area contributed by atoms with Gasteiger partial charge < -0.3 is 14.4 Å². The molecule has 3 aromatic rings. The summed E-state index contributed by atoms with van der Waals surface area (Å²) in [6, 6.07) is 18.0. The van der Waals surface area contributed by atoms with Gasteiger partial charge >= 0.3 is 0 Å². The lowest BCUT2D eigenvalue weighted by Crippen LogP contribution is -2.36. The molecule has 3 aromatic carbocycles. The van der Waals surface area contributed by atoms with Crippen LogP contribution in [0.2, 0.25) is 0 Å². The van der Waals surface area contributed by atoms with Gasteiger partial charge in [0.05, 0.1) is 19.9 Å². The van der Waals surface area contributed by atoms with E-state index in [1.807, 2.05) is 70.3 Å². The summed E-state index contributed by atoms with van der Waals surface area (Å²) >= 11 is 0. The highest BCUT2D eigenvalue weighted by molar-refractivity contribution is 6.02. The summed E-state index contributed by atoms with van der Waals surface area (Å²) < 4.78 is 11.1. The molecule has 0 aliphatic heterocycles. The van der Waals surface area contributed by atoms with E-state index in [1.54, 1.807) is 19.1 Å². The average Bonchev–Trinajstić information content (AvgIpc) is 2.70. The van der Waals surface area contributed by atoms with Crippen molar-refractivity contribution in [1.29, 1.82) is 0 Å². The molecule has 4 heteroatoms. The monoisotopic (exact) mass is 377 g/mol. The van der Waals surface area contributed by atoms with Crippen molar-refractivity contribution in [1.82, 2.24) is 0 Å². The maximum absolute atomic E-state index is 12.8. The lowest BCUT2D eigenvalue weighted by Gasteiger charge is -2.28. The Bertz CT molecular complexity index is 1020. The first-order chi connectivity index (χ1) is 13.3.